The maximum absolute atomic E-state index is 5.28. The molecule has 0 radical (unpaired) electrons. The van der Waals surface area contributed by atoms with E-state index < -0.39 is 0 Å². The highest BCUT2D eigenvalue weighted by Gasteiger charge is 2.27. The van der Waals surface area contributed by atoms with Crippen LogP contribution >= 0.6 is 0 Å². The van der Waals surface area contributed by atoms with Gasteiger partial charge in [0, 0.05) is 19.3 Å². The summed E-state index contributed by atoms with van der Waals surface area (Å²) in [4.78, 5) is 4.28. The number of rotatable bonds is 4. The summed E-state index contributed by atoms with van der Waals surface area (Å²) in [5, 5.41) is 3.51. The van der Waals surface area contributed by atoms with Crippen molar-refractivity contribution in [3.8, 4) is 0 Å². The van der Waals surface area contributed by atoms with Gasteiger partial charge in [-0.1, -0.05) is 0 Å². The molecule has 1 aromatic rings. The van der Waals surface area contributed by atoms with Gasteiger partial charge in [0.1, 0.15) is 0 Å². The first-order valence-corrected chi connectivity index (χ1v) is 5.90. The summed E-state index contributed by atoms with van der Waals surface area (Å²) in [6.07, 6.45) is 6.34. The van der Waals surface area contributed by atoms with Crippen LogP contribution in [-0.4, -0.2) is 29.8 Å². The molecule has 0 aromatic carbocycles. The summed E-state index contributed by atoms with van der Waals surface area (Å²) < 4.78 is 7.51. The number of nitrogens with one attached hydrogen (secondary N) is 1. The molecule has 2 heterocycles. The lowest BCUT2D eigenvalue weighted by atomic mass is 10.0. The molecule has 1 N–H and O–H groups in total. The van der Waals surface area contributed by atoms with Crippen LogP contribution in [0.3, 0.4) is 0 Å². The smallest absolute Gasteiger partial charge is 0.0954 e. The minimum atomic E-state index is -0.0369. The van der Waals surface area contributed by atoms with E-state index in [-0.39, 0.29) is 5.54 Å². The van der Waals surface area contributed by atoms with Crippen molar-refractivity contribution >= 4 is 0 Å². The molecule has 1 aliphatic heterocycles. The van der Waals surface area contributed by atoms with Gasteiger partial charge in [0.25, 0.3) is 0 Å². The van der Waals surface area contributed by atoms with E-state index in [0.717, 1.165) is 6.54 Å². The molecule has 1 fully saturated rings. The molecule has 16 heavy (non-hydrogen) atoms. The van der Waals surface area contributed by atoms with Crippen LogP contribution in [0.15, 0.2) is 12.5 Å². The molecule has 1 unspecified atom stereocenters. The minimum absolute atomic E-state index is 0.0369. The molecule has 1 aromatic heterocycles. The van der Waals surface area contributed by atoms with Crippen LogP contribution in [0, 0.1) is 0 Å². The Morgan fingerprint density at radius 2 is 2.44 bits per heavy atom. The van der Waals surface area contributed by atoms with Gasteiger partial charge < -0.3 is 14.6 Å². The number of methoxy groups -OCH3 is 1. The minimum Gasteiger partial charge on any atom is -0.382 e. The summed E-state index contributed by atoms with van der Waals surface area (Å²) in [6.45, 7) is 6.16. The second-order valence-corrected chi connectivity index (χ2v) is 5.08. The molecule has 4 heteroatoms. The Kier molecular flexibility index (Phi) is 3.30. The zero-order chi connectivity index (χ0) is 11.6. The van der Waals surface area contributed by atoms with Gasteiger partial charge in [-0.25, -0.2) is 4.98 Å². The monoisotopic (exact) mass is 223 g/mol. The van der Waals surface area contributed by atoms with Crippen molar-refractivity contribution in [2.45, 2.75) is 38.3 Å². The number of ether oxygens (including phenoxy) is 1. The van der Waals surface area contributed by atoms with Gasteiger partial charge in [0.05, 0.1) is 24.2 Å². The average Bonchev–Trinajstić information content (AvgIpc) is 2.88. The first kappa shape index (κ1) is 11.6. The maximum atomic E-state index is 5.28. The zero-order valence-corrected chi connectivity index (χ0v) is 10.4. The molecular weight excluding hydrogens is 202 g/mol. The lowest BCUT2D eigenvalue weighted by Crippen LogP contribution is -2.34. The van der Waals surface area contributed by atoms with Crippen molar-refractivity contribution in [3.63, 3.8) is 0 Å². The molecule has 1 saturated heterocycles. The molecule has 2 rings (SSSR count). The van der Waals surface area contributed by atoms with Crippen LogP contribution in [0.2, 0.25) is 0 Å². The van der Waals surface area contributed by atoms with Gasteiger partial charge in [0.15, 0.2) is 0 Å². The van der Waals surface area contributed by atoms with Crippen molar-refractivity contribution in [2.24, 2.45) is 0 Å². The highest BCUT2D eigenvalue weighted by molar-refractivity contribution is 5.10. The van der Waals surface area contributed by atoms with Gasteiger partial charge >= 0.3 is 0 Å². The molecule has 4 nitrogen and oxygen atoms in total. The summed E-state index contributed by atoms with van der Waals surface area (Å²) >= 11 is 0. The predicted octanol–water partition coefficient (Wildman–Crippen LogP) is 1.69. The van der Waals surface area contributed by atoms with Crippen LogP contribution in [0.25, 0.3) is 0 Å². The van der Waals surface area contributed by atoms with Crippen LogP contribution in [0.4, 0.5) is 0 Å². The van der Waals surface area contributed by atoms with Crippen molar-refractivity contribution in [1.82, 2.24) is 14.9 Å². The molecule has 1 aliphatic rings. The third kappa shape index (κ3) is 2.13. The molecule has 1 atom stereocenters. The predicted molar refractivity (Wildman–Crippen MR) is 63.4 cm³/mol. The second-order valence-electron chi connectivity index (χ2n) is 5.08. The number of hydrogen-bond donors (Lipinski definition) is 1. The second kappa shape index (κ2) is 4.55. The van der Waals surface area contributed by atoms with E-state index in [9.17, 15) is 0 Å². The Hall–Kier alpha value is -0.870. The van der Waals surface area contributed by atoms with Crippen molar-refractivity contribution in [2.75, 3.05) is 20.3 Å². The van der Waals surface area contributed by atoms with Gasteiger partial charge in [-0.15, -0.1) is 0 Å². The molecule has 0 bridgehead atoms. The van der Waals surface area contributed by atoms with Crippen molar-refractivity contribution in [1.29, 1.82) is 0 Å². The molecule has 0 aliphatic carbocycles. The SMILES string of the molecule is COCC(C)(C)n1cncc1C1CCCN1. The van der Waals surface area contributed by atoms with E-state index in [1.165, 1.54) is 18.5 Å². The highest BCUT2D eigenvalue weighted by Crippen LogP contribution is 2.27. The van der Waals surface area contributed by atoms with Gasteiger partial charge in [-0.3, -0.25) is 0 Å². The highest BCUT2D eigenvalue weighted by atomic mass is 16.5. The van der Waals surface area contributed by atoms with Gasteiger partial charge in [-0.05, 0) is 33.2 Å². The Bertz CT molecular complexity index is 340. The molecule has 0 spiro atoms. The number of nitrogens with zero attached hydrogens (tertiary/aromatic N) is 2. The number of hydrogen-bond acceptors (Lipinski definition) is 3. The summed E-state index contributed by atoms with van der Waals surface area (Å²) in [6, 6.07) is 0.457. The Labute approximate surface area is 97.0 Å². The van der Waals surface area contributed by atoms with Gasteiger partial charge in [0.2, 0.25) is 0 Å². The van der Waals surface area contributed by atoms with Crippen LogP contribution in [0.5, 0.6) is 0 Å². The fourth-order valence-electron chi connectivity index (χ4n) is 2.43. The van der Waals surface area contributed by atoms with Crippen molar-refractivity contribution < 1.29 is 4.74 Å². The average molecular weight is 223 g/mol. The summed E-state index contributed by atoms with van der Waals surface area (Å²) in [7, 11) is 1.74. The van der Waals surface area contributed by atoms with E-state index in [2.05, 4.69) is 28.7 Å². The van der Waals surface area contributed by atoms with E-state index in [0.29, 0.717) is 12.6 Å². The van der Waals surface area contributed by atoms with E-state index in [1.54, 1.807) is 7.11 Å². The lowest BCUT2D eigenvalue weighted by Gasteiger charge is -2.29. The molecule has 90 valence electrons. The fraction of sp³-hybridized carbons (Fsp3) is 0.750. The van der Waals surface area contributed by atoms with E-state index >= 15 is 0 Å². The standard InChI is InChI=1S/C12H21N3O/c1-12(2,8-16-3)15-9-13-7-11(15)10-5-4-6-14-10/h7,9-10,14H,4-6,8H2,1-3H3. The topological polar surface area (TPSA) is 39.1 Å². The zero-order valence-electron chi connectivity index (χ0n) is 10.4. The van der Waals surface area contributed by atoms with E-state index in [1.807, 2.05) is 12.5 Å². The third-order valence-corrected chi connectivity index (χ3v) is 3.23. The number of imidazole rings is 1. The maximum Gasteiger partial charge on any atom is 0.0954 e. The molecular formula is C12H21N3O. The fourth-order valence-corrected chi connectivity index (χ4v) is 2.43. The Morgan fingerprint density at radius 3 is 3.06 bits per heavy atom. The Balaban J connectivity index is 2.24. The first-order chi connectivity index (χ1) is 7.65. The van der Waals surface area contributed by atoms with Gasteiger partial charge in [-0.2, -0.15) is 0 Å². The first-order valence-electron chi connectivity index (χ1n) is 5.90. The third-order valence-electron chi connectivity index (χ3n) is 3.23. The van der Waals surface area contributed by atoms with Crippen molar-refractivity contribution in [3.05, 3.63) is 18.2 Å². The molecule has 0 amide bonds. The van der Waals surface area contributed by atoms with Crippen LogP contribution < -0.4 is 5.32 Å². The summed E-state index contributed by atoms with van der Waals surface area (Å²) in [5.41, 5.74) is 1.24. The largest absolute Gasteiger partial charge is 0.382 e. The number of aromatic nitrogens is 2. The lowest BCUT2D eigenvalue weighted by molar-refractivity contribution is 0.107. The summed E-state index contributed by atoms with van der Waals surface area (Å²) in [5.74, 6) is 0. The quantitative estimate of drug-likeness (QED) is 0.844. The van der Waals surface area contributed by atoms with E-state index in [4.69, 9.17) is 4.74 Å². The molecule has 0 saturated carbocycles. The normalized spacial score (nSPS) is 21.6. The van der Waals surface area contributed by atoms with Crippen LogP contribution in [0.1, 0.15) is 38.4 Å². The Morgan fingerprint density at radius 1 is 1.62 bits per heavy atom. The van der Waals surface area contributed by atoms with Crippen LogP contribution in [-0.2, 0) is 10.3 Å².